The third kappa shape index (κ3) is 2.87. The van der Waals surface area contributed by atoms with Gasteiger partial charge in [0.05, 0.1) is 22.1 Å². The molecule has 1 amide bonds. The Morgan fingerprint density at radius 3 is 2.90 bits per heavy atom. The van der Waals surface area contributed by atoms with E-state index in [1.165, 1.54) is 6.07 Å². The van der Waals surface area contributed by atoms with Crippen LogP contribution in [0.5, 0.6) is 0 Å². The van der Waals surface area contributed by atoms with Crippen LogP contribution in [0.3, 0.4) is 0 Å². The van der Waals surface area contributed by atoms with E-state index in [0.717, 1.165) is 25.1 Å². The summed E-state index contributed by atoms with van der Waals surface area (Å²) in [4.78, 5) is 24.9. The van der Waals surface area contributed by atoms with Gasteiger partial charge in [-0.2, -0.15) is 0 Å². The van der Waals surface area contributed by atoms with Crippen LogP contribution in [0, 0.1) is 16.0 Å². The van der Waals surface area contributed by atoms with Crippen LogP contribution in [0.2, 0.25) is 0 Å². The van der Waals surface area contributed by atoms with E-state index in [-0.39, 0.29) is 34.8 Å². The van der Waals surface area contributed by atoms with Crippen LogP contribution in [0.25, 0.3) is 0 Å². The van der Waals surface area contributed by atoms with Crippen LogP contribution in [0.15, 0.2) is 18.2 Å². The fraction of sp³-hybridized carbons (Fsp3) is 0.500. The van der Waals surface area contributed by atoms with Gasteiger partial charge in [-0.05, 0) is 31.9 Å². The summed E-state index contributed by atoms with van der Waals surface area (Å²) in [6.45, 7) is 2.22. The van der Waals surface area contributed by atoms with E-state index in [1.54, 1.807) is 11.0 Å². The molecule has 1 atom stereocenters. The van der Waals surface area contributed by atoms with Crippen molar-refractivity contribution in [3.63, 3.8) is 0 Å². The average Bonchev–Trinajstić information content (AvgIpc) is 2.91. The predicted octanol–water partition coefficient (Wildman–Crippen LogP) is 1.91. The van der Waals surface area contributed by atoms with Crippen LogP contribution in [0.4, 0.5) is 11.4 Å². The number of nitro benzene ring substituents is 1. The molecular formula is C14H18ClN3O3. The summed E-state index contributed by atoms with van der Waals surface area (Å²) < 4.78 is 0. The summed E-state index contributed by atoms with van der Waals surface area (Å²) in [5, 5.41) is 14.3. The number of amides is 1. The lowest BCUT2D eigenvalue weighted by Gasteiger charge is -2.27. The van der Waals surface area contributed by atoms with Crippen LogP contribution in [-0.2, 0) is 11.2 Å². The molecule has 2 aliphatic rings. The fourth-order valence-corrected chi connectivity index (χ4v) is 3.10. The zero-order chi connectivity index (χ0) is 14.1. The Balaban J connectivity index is 0.00000161. The molecule has 21 heavy (non-hydrogen) atoms. The van der Waals surface area contributed by atoms with E-state index in [1.807, 2.05) is 6.07 Å². The molecule has 0 bridgehead atoms. The summed E-state index contributed by atoms with van der Waals surface area (Å²) in [7, 11) is 0. The number of piperidine rings is 1. The Labute approximate surface area is 129 Å². The number of rotatable bonds is 2. The smallest absolute Gasteiger partial charge is 0.274 e. The van der Waals surface area contributed by atoms with Crippen molar-refractivity contribution in [3.05, 3.63) is 33.9 Å². The minimum atomic E-state index is -0.366. The second-order valence-electron chi connectivity index (χ2n) is 5.32. The number of nitrogens with zero attached hydrogens (tertiary/aromatic N) is 2. The topological polar surface area (TPSA) is 75.5 Å². The Bertz CT molecular complexity index is 558. The summed E-state index contributed by atoms with van der Waals surface area (Å²) in [5.41, 5.74) is 1.53. The second-order valence-corrected chi connectivity index (χ2v) is 5.32. The minimum absolute atomic E-state index is 0. The second kappa shape index (κ2) is 6.41. The molecule has 1 fully saturated rings. The molecule has 1 N–H and O–H groups in total. The molecule has 0 aromatic heterocycles. The monoisotopic (exact) mass is 311 g/mol. The molecule has 2 aliphatic heterocycles. The lowest BCUT2D eigenvalue weighted by molar-refractivity contribution is -0.385. The standard InChI is InChI=1S/C14H17N3O3.ClH/c18-14(10-3-2-7-15-9-10)16-8-6-11-12(16)4-1-5-13(11)17(19)20;/h1,4-5,10,15H,2-3,6-9H2;1H. The van der Waals surface area contributed by atoms with Gasteiger partial charge < -0.3 is 10.2 Å². The highest BCUT2D eigenvalue weighted by atomic mass is 35.5. The van der Waals surface area contributed by atoms with Crippen LogP contribution >= 0.6 is 12.4 Å². The third-order valence-corrected chi connectivity index (χ3v) is 4.11. The van der Waals surface area contributed by atoms with E-state index in [4.69, 9.17) is 0 Å². The number of carbonyl (C=O) groups is 1. The molecule has 0 spiro atoms. The van der Waals surface area contributed by atoms with Gasteiger partial charge in [-0.3, -0.25) is 14.9 Å². The van der Waals surface area contributed by atoms with Crippen molar-refractivity contribution >= 4 is 29.7 Å². The molecule has 0 aliphatic carbocycles. The summed E-state index contributed by atoms with van der Waals surface area (Å²) in [5.74, 6) is 0.0883. The van der Waals surface area contributed by atoms with Gasteiger partial charge in [0.1, 0.15) is 0 Å². The van der Waals surface area contributed by atoms with Crippen molar-refractivity contribution in [3.8, 4) is 0 Å². The van der Waals surface area contributed by atoms with Crippen molar-refractivity contribution < 1.29 is 9.72 Å². The highest BCUT2D eigenvalue weighted by Gasteiger charge is 2.33. The number of hydrogen-bond acceptors (Lipinski definition) is 4. The average molecular weight is 312 g/mol. The molecule has 1 aromatic rings. The number of nitrogens with one attached hydrogen (secondary N) is 1. The van der Waals surface area contributed by atoms with Gasteiger partial charge in [-0.1, -0.05) is 6.07 Å². The first-order valence-corrected chi connectivity index (χ1v) is 6.97. The Kier molecular flexibility index (Phi) is 4.80. The Hall–Kier alpha value is -1.66. The van der Waals surface area contributed by atoms with Crippen LogP contribution < -0.4 is 10.2 Å². The number of nitro groups is 1. The van der Waals surface area contributed by atoms with Crippen molar-refractivity contribution in [1.29, 1.82) is 0 Å². The maximum absolute atomic E-state index is 12.6. The van der Waals surface area contributed by atoms with E-state index < -0.39 is 0 Å². The van der Waals surface area contributed by atoms with Gasteiger partial charge in [0, 0.05) is 19.2 Å². The fourth-order valence-electron chi connectivity index (χ4n) is 3.10. The number of halogens is 1. The quantitative estimate of drug-likeness (QED) is 0.668. The minimum Gasteiger partial charge on any atom is -0.316 e. The van der Waals surface area contributed by atoms with Gasteiger partial charge in [0.25, 0.3) is 5.69 Å². The van der Waals surface area contributed by atoms with Crippen LogP contribution in [0.1, 0.15) is 18.4 Å². The van der Waals surface area contributed by atoms with E-state index in [9.17, 15) is 14.9 Å². The third-order valence-electron chi connectivity index (χ3n) is 4.11. The van der Waals surface area contributed by atoms with Crippen molar-refractivity contribution in [1.82, 2.24) is 5.32 Å². The first kappa shape index (κ1) is 15.7. The maximum atomic E-state index is 12.6. The molecule has 114 valence electrons. The van der Waals surface area contributed by atoms with Gasteiger partial charge in [0.15, 0.2) is 0 Å². The summed E-state index contributed by atoms with van der Waals surface area (Å²) >= 11 is 0. The number of hydrogen-bond donors (Lipinski definition) is 1. The molecule has 2 heterocycles. The lowest BCUT2D eigenvalue weighted by Crippen LogP contribution is -2.42. The molecule has 1 saturated heterocycles. The van der Waals surface area contributed by atoms with Crippen molar-refractivity contribution in [2.75, 3.05) is 24.5 Å². The zero-order valence-electron chi connectivity index (χ0n) is 11.6. The number of fused-ring (bicyclic) bond motifs is 1. The molecule has 1 aromatic carbocycles. The van der Waals surface area contributed by atoms with Gasteiger partial charge >= 0.3 is 0 Å². The Morgan fingerprint density at radius 1 is 1.43 bits per heavy atom. The highest BCUT2D eigenvalue weighted by Crippen LogP contribution is 2.35. The van der Waals surface area contributed by atoms with Gasteiger partial charge in [0.2, 0.25) is 5.91 Å². The van der Waals surface area contributed by atoms with Crippen LogP contribution in [-0.4, -0.2) is 30.5 Å². The normalized spacial score (nSPS) is 20.6. The first-order valence-electron chi connectivity index (χ1n) is 6.97. The number of benzene rings is 1. The molecular weight excluding hydrogens is 294 g/mol. The zero-order valence-corrected chi connectivity index (χ0v) is 12.4. The molecule has 1 unspecified atom stereocenters. The maximum Gasteiger partial charge on any atom is 0.274 e. The SMILES string of the molecule is Cl.O=C(C1CCCNC1)N1CCc2c1cccc2[N+](=O)[O-]. The van der Waals surface area contributed by atoms with Crippen molar-refractivity contribution in [2.24, 2.45) is 5.92 Å². The predicted molar refractivity (Wildman–Crippen MR) is 82.0 cm³/mol. The number of carbonyl (C=O) groups excluding carboxylic acids is 1. The molecule has 3 rings (SSSR count). The summed E-state index contributed by atoms with van der Waals surface area (Å²) in [6.07, 6.45) is 2.47. The molecule has 0 saturated carbocycles. The van der Waals surface area contributed by atoms with Gasteiger partial charge in [-0.15, -0.1) is 12.4 Å². The summed E-state index contributed by atoms with van der Waals surface area (Å²) in [6, 6.07) is 4.97. The van der Waals surface area contributed by atoms with Crippen molar-refractivity contribution in [2.45, 2.75) is 19.3 Å². The molecule has 0 radical (unpaired) electrons. The molecule has 7 heteroatoms. The van der Waals surface area contributed by atoms with Gasteiger partial charge in [-0.25, -0.2) is 0 Å². The van der Waals surface area contributed by atoms with E-state index in [2.05, 4.69) is 5.32 Å². The number of anilines is 1. The molecule has 6 nitrogen and oxygen atoms in total. The first-order chi connectivity index (χ1) is 9.68. The largest absolute Gasteiger partial charge is 0.316 e. The Morgan fingerprint density at radius 2 is 2.24 bits per heavy atom. The highest BCUT2D eigenvalue weighted by molar-refractivity contribution is 5.97. The van der Waals surface area contributed by atoms with E-state index >= 15 is 0 Å². The van der Waals surface area contributed by atoms with E-state index in [0.29, 0.717) is 25.1 Å². The lowest BCUT2D eigenvalue weighted by atomic mass is 9.98.